The van der Waals surface area contributed by atoms with E-state index in [-0.39, 0.29) is 19.8 Å². The number of nitrogens with zero attached hydrogens (tertiary/aromatic N) is 1. The van der Waals surface area contributed by atoms with E-state index in [0.29, 0.717) is 24.0 Å². The second kappa shape index (κ2) is 19.8. The van der Waals surface area contributed by atoms with Crippen LogP contribution in [0.5, 0.6) is 0 Å². The molecule has 0 aliphatic carbocycles. The van der Waals surface area contributed by atoms with Crippen molar-refractivity contribution < 1.29 is 32.5 Å². The number of rotatable bonds is 22. The molecule has 0 aliphatic heterocycles. The summed E-state index contributed by atoms with van der Waals surface area (Å²) >= 11 is 0. The second-order valence-electron chi connectivity index (χ2n) is 9.45. The van der Waals surface area contributed by atoms with Gasteiger partial charge in [-0.15, -0.1) is 0 Å². The summed E-state index contributed by atoms with van der Waals surface area (Å²) in [6.45, 7) is 3.71. The lowest BCUT2D eigenvalue weighted by Gasteiger charge is -2.24. The summed E-state index contributed by atoms with van der Waals surface area (Å²) < 4.78 is 27.2. The first-order valence-electron chi connectivity index (χ1n) is 12.5. The minimum Gasteiger partial charge on any atom is -0.449 e. The van der Waals surface area contributed by atoms with Crippen LogP contribution in [0, 0.1) is 0 Å². The standard InChI is InChI=1S/C23H49N2O6P/c1-5-6-7-8-9-10-11-12-13-14-15-16-18-24-23(26)29-20-17-21-30-32(27,28)31-22-19-25(2,3)4/h5-22H2,1-4H3,(H-,24,26,27,28)/p+1. The van der Waals surface area contributed by atoms with E-state index in [2.05, 4.69) is 12.2 Å². The molecule has 0 aromatic rings. The zero-order valence-electron chi connectivity index (χ0n) is 21.1. The van der Waals surface area contributed by atoms with Crippen molar-refractivity contribution in [3.63, 3.8) is 0 Å². The molecule has 1 atom stereocenters. The summed E-state index contributed by atoms with van der Waals surface area (Å²) in [5, 5.41) is 2.73. The fourth-order valence-electron chi connectivity index (χ4n) is 3.08. The molecule has 0 saturated carbocycles. The molecule has 0 spiro atoms. The van der Waals surface area contributed by atoms with Gasteiger partial charge in [0.05, 0.1) is 34.4 Å². The third-order valence-corrected chi connectivity index (χ3v) is 6.11. The average molecular weight is 482 g/mol. The van der Waals surface area contributed by atoms with E-state index in [1.54, 1.807) is 0 Å². The molecule has 192 valence electrons. The van der Waals surface area contributed by atoms with Crippen molar-refractivity contribution in [3.05, 3.63) is 0 Å². The molecule has 9 heteroatoms. The number of phosphoric ester groups is 1. The first-order chi connectivity index (χ1) is 15.2. The second-order valence-corrected chi connectivity index (χ2v) is 10.9. The third kappa shape index (κ3) is 24.0. The van der Waals surface area contributed by atoms with Crippen molar-refractivity contribution in [1.29, 1.82) is 0 Å². The summed E-state index contributed by atoms with van der Waals surface area (Å²) in [6, 6.07) is 0. The molecule has 2 N–H and O–H groups in total. The largest absolute Gasteiger partial charge is 0.472 e. The highest BCUT2D eigenvalue weighted by Gasteiger charge is 2.22. The summed E-state index contributed by atoms with van der Waals surface area (Å²) in [4.78, 5) is 21.2. The number of unbranched alkanes of at least 4 members (excludes halogenated alkanes) is 11. The highest BCUT2D eigenvalue weighted by atomic mass is 31.2. The molecule has 0 aromatic carbocycles. The number of alkyl carbamates (subject to hydrolysis) is 1. The van der Waals surface area contributed by atoms with Crippen molar-refractivity contribution in [2.75, 3.05) is 54.1 Å². The van der Waals surface area contributed by atoms with Crippen LogP contribution in [0.3, 0.4) is 0 Å². The van der Waals surface area contributed by atoms with Gasteiger partial charge in [0, 0.05) is 13.0 Å². The van der Waals surface area contributed by atoms with Crippen molar-refractivity contribution in [2.45, 2.75) is 90.4 Å². The van der Waals surface area contributed by atoms with E-state index in [1.807, 2.05) is 21.1 Å². The summed E-state index contributed by atoms with van der Waals surface area (Å²) in [6.07, 6.45) is 15.3. The van der Waals surface area contributed by atoms with E-state index < -0.39 is 13.9 Å². The van der Waals surface area contributed by atoms with Crippen LogP contribution in [0.4, 0.5) is 4.79 Å². The van der Waals surface area contributed by atoms with Crippen LogP contribution in [0.15, 0.2) is 0 Å². The van der Waals surface area contributed by atoms with E-state index in [4.69, 9.17) is 13.8 Å². The molecule has 0 aromatic heterocycles. The first kappa shape index (κ1) is 31.3. The summed E-state index contributed by atoms with van der Waals surface area (Å²) in [5.41, 5.74) is 0. The van der Waals surface area contributed by atoms with Gasteiger partial charge in [-0.1, -0.05) is 77.6 Å². The van der Waals surface area contributed by atoms with Gasteiger partial charge < -0.3 is 19.4 Å². The first-order valence-corrected chi connectivity index (χ1v) is 14.0. The Kier molecular flexibility index (Phi) is 19.4. The molecule has 0 saturated heterocycles. The molecule has 8 nitrogen and oxygen atoms in total. The Morgan fingerprint density at radius 2 is 1.28 bits per heavy atom. The fraction of sp³-hybridized carbons (Fsp3) is 0.957. The number of likely N-dealkylation sites (N-methyl/N-ethyl adjacent to an activating group) is 1. The molecule has 0 rings (SSSR count). The van der Waals surface area contributed by atoms with E-state index >= 15 is 0 Å². The van der Waals surface area contributed by atoms with E-state index in [1.165, 1.54) is 64.2 Å². The lowest BCUT2D eigenvalue weighted by molar-refractivity contribution is -0.870. The van der Waals surface area contributed by atoms with Gasteiger partial charge in [0.2, 0.25) is 0 Å². The van der Waals surface area contributed by atoms with Crippen molar-refractivity contribution in [3.8, 4) is 0 Å². The molecule has 1 unspecified atom stereocenters. The highest BCUT2D eigenvalue weighted by molar-refractivity contribution is 7.47. The number of carbonyl (C=O) groups is 1. The number of quaternary nitrogens is 1. The van der Waals surface area contributed by atoms with Crippen molar-refractivity contribution >= 4 is 13.9 Å². The Labute approximate surface area is 196 Å². The van der Waals surface area contributed by atoms with Gasteiger partial charge in [0.25, 0.3) is 0 Å². The molecule has 0 fully saturated rings. The Balaban J connectivity index is 3.42. The lowest BCUT2D eigenvalue weighted by Crippen LogP contribution is -2.37. The predicted octanol–water partition coefficient (Wildman–Crippen LogP) is 5.64. The van der Waals surface area contributed by atoms with Gasteiger partial charge in [-0.25, -0.2) is 9.36 Å². The van der Waals surface area contributed by atoms with Crippen molar-refractivity contribution in [2.24, 2.45) is 0 Å². The van der Waals surface area contributed by atoms with Gasteiger partial charge in [-0.2, -0.15) is 0 Å². The van der Waals surface area contributed by atoms with Crippen LogP contribution in [0.1, 0.15) is 90.4 Å². The van der Waals surface area contributed by atoms with Gasteiger partial charge in [0.15, 0.2) is 0 Å². The van der Waals surface area contributed by atoms with Crippen molar-refractivity contribution in [1.82, 2.24) is 5.32 Å². The minimum atomic E-state index is -4.05. The highest BCUT2D eigenvalue weighted by Crippen LogP contribution is 2.43. The Bertz CT molecular complexity index is 499. The number of phosphoric acid groups is 1. The maximum Gasteiger partial charge on any atom is 0.472 e. The molecule has 0 radical (unpaired) electrons. The zero-order chi connectivity index (χ0) is 24.1. The number of carbonyl (C=O) groups excluding carboxylic acids is 1. The predicted molar refractivity (Wildman–Crippen MR) is 130 cm³/mol. The molecule has 0 heterocycles. The molecule has 32 heavy (non-hydrogen) atoms. The quantitative estimate of drug-likeness (QED) is 0.118. The van der Waals surface area contributed by atoms with Crippen LogP contribution in [0.25, 0.3) is 0 Å². The van der Waals surface area contributed by atoms with E-state index in [9.17, 15) is 14.3 Å². The molecular formula is C23H50N2O6P+. The van der Waals surface area contributed by atoms with Crippen LogP contribution in [-0.2, 0) is 18.3 Å². The Morgan fingerprint density at radius 3 is 1.81 bits per heavy atom. The van der Waals surface area contributed by atoms with E-state index in [0.717, 1.165) is 12.8 Å². The summed E-state index contributed by atoms with van der Waals surface area (Å²) in [5.74, 6) is 0. The molecule has 1 amide bonds. The average Bonchev–Trinajstić information content (AvgIpc) is 2.70. The normalized spacial score (nSPS) is 13.7. The Hall–Kier alpha value is -0.660. The van der Waals surface area contributed by atoms with Crippen LogP contribution < -0.4 is 5.32 Å². The van der Waals surface area contributed by atoms with Gasteiger partial charge in [-0.3, -0.25) is 9.05 Å². The maximum absolute atomic E-state index is 11.7. The fourth-order valence-corrected chi connectivity index (χ4v) is 3.83. The topological polar surface area (TPSA) is 94.1 Å². The number of ether oxygens (including phenoxy) is 1. The Morgan fingerprint density at radius 1 is 0.781 bits per heavy atom. The third-order valence-electron chi connectivity index (χ3n) is 5.09. The zero-order valence-corrected chi connectivity index (χ0v) is 22.0. The number of nitrogens with one attached hydrogen (secondary N) is 1. The van der Waals surface area contributed by atoms with Crippen LogP contribution >= 0.6 is 7.82 Å². The molecule has 0 bridgehead atoms. The maximum atomic E-state index is 11.7. The molecule has 0 aliphatic rings. The number of hydrogen-bond acceptors (Lipinski definition) is 5. The van der Waals surface area contributed by atoms with Crippen LogP contribution in [-0.4, -0.2) is 69.5 Å². The number of hydrogen-bond donors (Lipinski definition) is 2. The SMILES string of the molecule is CCCCCCCCCCCCCCNC(=O)OCCCOP(=O)(O)OCC[N+](C)(C)C. The monoisotopic (exact) mass is 481 g/mol. The number of amides is 1. The summed E-state index contributed by atoms with van der Waals surface area (Å²) in [7, 11) is 1.84. The van der Waals surface area contributed by atoms with Crippen LogP contribution in [0.2, 0.25) is 0 Å². The molecular weight excluding hydrogens is 431 g/mol. The van der Waals surface area contributed by atoms with Gasteiger partial charge >= 0.3 is 13.9 Å². The lowest BCUT2D eigenvalue weighted by atomic mass is 10.1. The van der Waals surface area contributed by atoms with Gasteiger partial charge in [0.1, 0.15) is 13.2 Å². The smallest absolute Gasteiger partial charge is 0.449 e. The minimum absolute atomic E-state index is 0.00975. The van der Waals surface area contributed by atoms with Gasteiger partial charge in [-0.05, 0) is 6.42 Å².